The van der Waals surface area contributed by atoms with Crippen molar-refractivity contribution in [3.8, 4) is 11.3 Å². The van der Waals surface area contributed by atoms with E-state index in [-0.39, 0.29) is 0 Å². The molecular formula is C15H18N2S2. The zero-order chi connectivity index (χ0) is 13.1. The molecular weight excluding hydrogens is 272 g/mol. The van der Waals surface area contributed by atoms with Gasteiger partial charge in [0.2, 0.25) is 0 Å². The lowest BCUT2D eigenvalue weighted by molar-refractivity contribution is 0.644. The minimum Gasteiger partial charge on any atom is -0.312 e. The highest BCUT2D eigenvalue weighted by Gasteiger charge is 2.11. The highest BCUT2D eigenvalue weighted by atomic mass is 32.2. The Labute approximate surface area is 122 Å². The Balaban J connectivity index is 1.83. The summed E-state index contributed by atoms with van der Waals surface area (Å²) in [4.78, 5) is 4.75. The van der Waals surface area contributed by atoms with Gasteiger partial charge in [-0.25, -0.2) is 4.98 Å². The fraction of sp³-hybridized carbons (Fsp3) is 0.400. The van der Waals surface area contributed by atoms with Gasteiger partial charge in [0.25, 0.3) is 0 Å². The van der Waals surface area contributed by atoms with Crippen LogP contribution in [0.3, 0.4) is 0 Å². The summed E-state index contributed by atoms with van der Waals surface area (Å²) in [5.74, 6) is 2.19. The average Bonchev–Trinajstić information content (AvgIpc) is 2.93. The number of thioether (sulfide) groups is 1. The molecule has 0 saturated carbocycles. The van der Waals surface area contributed by atoms with E-state index in [9.17, 15) is 0 Å². The van der Waals surface area contributed by atoms with Crippen LogP contribution in [0.4, 0.5) is 0 Å². The molecule has 0 amide bonds. The average molecular weight is 290 g/mol. The molecule has 0 bridgehead atoms. The van der Waals surface area contributed by atoms with Crippen LogP contribution in [0.15, 0.2) is 23.6 Å². The number of hydrogen-bond acceptors (Lipinski definition) is 4. The number of fused-ring (bicyclic) bond motifs is 1. The second kappa shape index (κ2) is 6.07. The molecule has 0 radical (unpaired) electrons. The third kappa shape index (κ3) is 3.02. The summed E-state index contributed by atoms with van der Waals surface area (Å²) < 4.78 is 0. The van der Waals surface area contributed by atoms with Gasteiger partial charge in [0.05, 0.1) is 5.69 Å². The number of nitrogens with one attached hydrogen (secondary N) is 1. The lowest BCUT2D eigenvalue weighted by Crippen LogP contribution is -2.23. The van der Waals surface area contributed by atoms with E-state index in [4.69, 9.17) is 4.98 Å². The van der Waals surface area contributed by atoms with Crippen molar-refractivity contribution in [2.24, 2.45) is 0 Å². The first-order valence-electron chi connectivity index (χ1n) is 6.72. The topological polar surface area (TPSA) is 24.9 Å². The molecule has 1 aliphatic rings. The first-order chi connectivity index (χ1) is 9.36. The van der Waals surface area contributed by atoms with Crippen molar-refractivity contribution < 1.29 is 0 Å². The standard InChI is InChI=1S/C15H18N2S2/c1-2-18-10-15-17-14(9-19-15)12-3-4-13-8-16-6-5-11(13)7-12/h3-4,7,9,16H,2,5-6,8,10H2,1H3. The zero-order valence-electron chi connectivity index (χ0n) is 11.1. The maximum Gasteiger partial charge on any atom is 0.103 e. The molecule has 1 N–H and O–H groups in total. The van der Waals surface area contributed by atoms with E-state index in [0.717, 1.165) is 36.7 Å². The lowest BCUT2D eigenvalue weighted by Gasteiger charge is -2.17. The van der Waals surface area contributed by atoms with E-state index in [1.807, 2.05) is 11.8 Å². The predicted molar refractivity (Wildman–Crippen MR) is 84.8 cm³/mol. The van der Waals surface area contributed by atoms with Crippen LogP contribution in [-0.2, 0) is 18.7 Å². The van der Waals surface area contributed by atoms with Crippen molar-refractivity contribution in [2.75, 3.05) is 12.3 Å². The first kappa shape index (κ1) is 13.2. The van der Waals surface area contributed by atoms with Crippen molar-refractivity contribution in [1.29, 1.82) is 0 Å². The summed E-state index contributed by atoms with van der Waals surface area (Å²) in [7, 11) is 0. The van der Waals surface area contributed by atoms with Gasteiger partial charge in [-0.2, -0.15) is 11.8 Å². The number of nitrogens with zero attached hydrogens (tertiary/aromatic N) is 1. The Morgan fingerprint density at radius 2 is 2.32 bits per heavy atom. The van der Waals surface area contributed by atoms with E-state index in [0.29, 0.717) is 0 Å². The van der Waals surface area contributed by atoms with Gasteiger partial charge in [-0.15, -0.1) is 11.3 Å². The Morgan fingerprint density at radius 1 is 1.37 bits per heavy atom. The van der Waals surface area contributed by atoms with E-state index in [1.165, 1.54) is 21.7 Å². The molecule has 100 valence electrons. The maximum atomic E-state index is 4.75. The van der Waals surface area contributed by atoms with Crippen molar-refractivity contribution in [2.45, 2.75) is 25.6 Å². The number of aromatic nitrogens is 1. The molecule has 0 fully saturated rings. The van der Waals surface area contributed by atoms with E-state index < -0.39 is 0 Å². The minimum absolute atomic E-state index is 1.01. The highest BCUT2D eigenvalue weighted by Crippen LogP contribution is 2.27. The van der Waals surface area contributed by atoms with E-state index in [2.05, 4.69) is 35.8 Å². The quantitative estimate of drug-likeness (QED) is 0.929. The smallest absolute Gasteiger partial charge is 0.103 e. The van der Waals surface area contributed by atoms with Crippen molar-refractivity contribution in [3.05, 3.63) is 39.7 Å². The molecule has 2 nitrogen and oxygen atoms in total. The molecule has 0 saturated heterocycles. The molecule has 0 atom stereocenters. The van der Waals surface area contributed by atoms with Gasteiger partial charge in [0.1, 0.15) is 5.01 Å². The van der Waals surface area contributed by atoms with Crippen LogP contribution in [-0.4, -0.2) is 17.3 Å². The van der Waals surface area contributed by atoms with Gasteiger partial charge in [-0.1, -0.05) is 19.1 Å². The Hall–Kier alpha value is -0.840. The van der Waals surface area contributed by atoms with Gasteiger partial charge in [0, 0.05) is 23.2 Å². The molecule has 1 aliphatic heterocycles. The van der Waals surface area contributed by atoms with Gasteiger partial charge >= 0.3 is 0 Å². The van der Waals surface area contributed by atoms with Crippen LogP contribution < -0.4 is 5.32 Å². The second-order valence-corrected chi connectivity index (χ2v) is 6.89. The van der Waals surface area contributed by atoms with Crippen molar-refractivity contribution in [1.82, 2.24) is 10.3 Å². The number of thiazole rings is 1. The zero-order valence-corrected chi connectivity index (χ0v) is 12.7. The predicted octanol–water partition coefficient (Wildman–Crippen LogP) is 3.71. The molecule has 0 unspecified atom stereocenters. The Kier molecular flexibility index (Phi) is 4.21. The van der Waals surface area contributed by atoms with Crippen LogP contribution >= 0.6 is 23.1 Å². The van der Waals surface area contributed by atoms with Crippen molar-refractivity contribution >= 4 is 23.1 Å². The summed E-state index contributed by atoms with van der Waals surface area (Å²) in [6.07, 6.45) is 1.13. The fourth-order valence-corrected chi connectivity index (χ4v) is 3.89. The van der Waals surface area contributed by atoms with Gasteiger partial charge in [-0.3, -0.25) is 0 Å². The molecule has 0 aliphatic carbocycles. The van der Waals surface area contributed by atoms with Crippen LogP contribution in [0.2, 0.25) is 0 Å². The lowest BCUT2D eigenvalue weighted by atomic mass is 9.98. The largest absolute Gasteiger partial charge is 0.312 e. The monoisotopic (exact) mass is 290 g/mol. The van der Waals surface area contributed by atoms with Crippen LogP contribution in [0.1, 0.15) is 23.1 Å². The molecule has 19 heavy (non-hydrogen) atoms. The Morgan fingerprint density at radius 3 is 3.21 bits per heavy atom. The minimum atomic E-state index is 1.01. The summed E-state index contributed by atoms with van der Waals surface area (Å²) in [6, 6.07) is 6.77. The van der Waals surface area contributed by atoms with Crippen LogP contribution in [0.5, 0.6) is 0 Å². The van der Waals surface area contributed by atoms with Gasteiger partial charge in [0.15, 0.2) is 0 Å². The normalized spacial score (nSPS) is 14.4. The van der Waals surface area contributed by atoms with E-state index >= 15 is 0 Å². The molecule has 4 heteroatoms. The summed E-state index contributed by atoms with van der Waals surface area (Å²) in [5.41, 5.74) is 5.32. The SMILES string of the molecule is CCSCc1nc(-c2ccc3c(c2)CCNC3)cs1. The summed E-state index contributed by atoms with van der Waals surface area (Å²) >= 11 is 3.71. The molecule has 1 aromatic heterocycles. The third-order valence-corrected chi connectivity index (χ3v) is 5.29. The maximum absolute atomic E-state index is 4.75. The number of benzene rings is 1. The molecule has 0 spiro atoms. The number of hydrogen-bond donors (Lipinski definition) is 1. The summed E-state index contributed by atoms with van der Waals surface area (Å²) in [5, 5.41) is 6.84. The second-order valence-electron chi connectivity index (χ2n) is 4.67. The highest BCUT2D eigenvalue weighted by molar-refractivity contribution is 7.98. The van der Waals surface area contributed by atoms with Crippen LogP contribution in [0, 0.1) is 0 Å². The van der Waals surface area contributed by atoms with Crippen LogP contribution in [0.25, 0.3) is 11.3 Å². The van der Waals surface area contributed by atoms with Crippen molar-refractivity contribution in [3.63, 3.8) is 0 Å². The third-order valence-electron chi connectivity index (χ3n) is 3.37. The molecule has 1 aromatic carbocycles. The van der Waals surface area contributed by atoms with Gasteiger partial charge in [-0.05, 0) is 35.9 Å². The molecule has 2 heterocycles. The van der Waals surface area contributed by atoms with Gasteiger partial charge < -0.3 is 5.32 Å². The fourth-order valence-electron chi connectivity index (χ4n) is 2.34. The Bertz CT molecular complexity index is 563. The molecule has 3 rings (SSSR count). The summed E-state index contributed by atoms with van der Waals surface area (Å²) in [6.45, 7) is 4.29. The van der Waals surface area contributed by atoms with E-state index in [1.54, 1.807) is 11.3 Å². The first-order valence-corrected chi connectivity index (χ1v) is 8.75. The number of rotatable bonds is 4. The molecule has 2 aromatic rings.